The summed E-state index contributed by atoms with van der Waals surface area (Å²) in [6.45, 7) is 0. The second kappa shape index (κ2) is 5.14. The third-order valence-corrected chi connectivity index (χ3v) is 4.22. The van der Waals surface area contributed by atoms with Gasteiger partial charge < -0.3 is 5.11 Å². The molecule has 2 aromatic heterocycles. The molecule has 0 amide bonds. The molecule has 0 aliphatic carbocycles. The third kappa shape index (κ3) is 2.84. The van der Waals surface area contributed by atoms with Gasteiger partial charge in [-0.2, -0.15) is 0 Å². The Kier molecular flexibility index (Phi) is 3.58. The Bertz CT molecular complexity index is 482. The third-order valence-electron chi connectivity index (χ3n) is 1.90. The van der Waals surface area contributed by atoms with Crippen molar-refractivity contribution < 1.29 is 9.90 Å². The lowest BCUT2D eigenvalue weighted by Crippen LogP contribution is -1.89. The van der Waals surface area contributed by atoms with E-state index in [1.54, 1.807) is 30.2 Å². The van der Waals surface area contributed by atoms with Crippen molar-refractivity contribution in [3.05, 3.63) is 46.4 Å². The van der Waals surface area contributed by atoms with Crippen molar-refractivity contribution in [2.24, 2.45) is 0 Å². The van der Waals surface area contributed by atoms with Gasteiger partial charge in [-0.3, -0.25) is 4.98 Å². The van der Waals surface area contributed by atoms with E-state index in [1.165, 1.54) is 11.3 Å². The minimum Gasteiger partial charge on any atom is -0.477 e. The monoisotopic (exact) mass is 251 g/mol. The first-order chi connectivity index (χ1) is 7.75. The lowest BCUT2D eigenvalue weighted by Gasteiger charge is -1.97. The molecule has 16 heavy (non-hydrogen) atoms. The number of carboxylic acid groups (broad SMARTS) is 1. The Morgan fingerprint density at radius 2 is 2.06 bits per heavy atom. The van der Waals surface area contributed by atoms with Gasteiger partial charge in [-0.05, 0) is 24.3 Å². The first kappa shape index (κ1) is 11.2. The van der Waals surface area contributed by atoms with E-state index in [-0.39, 0.29) is 0 Å². The maximum Gasteiger partial charge on any atom is 0.345 e. The Balaban J connectivity index is 1.97. The van der Waals surface area contributed by atoms with Crippen molar-refractivity contribution in [3.8, 4) is 0 Å². The second-order valence-electron chi connectivity index (χ2n) is 3.04. The van der Waals surface area contributed by atoms with Crippen LogP contribution in [0.4, 0.5) is 0 Å². The van der Waals surface area contributed by atoms with Crippen LogP contribution in [-0.2, 0) is 5.75 Å². The topological polar surface area (TPSA) is 50.2 Å². The molecule has 0 radical (unpaired) electrons. The van der Waals surface area contributed by atoms with Gasteiger partial charge in [0.15, 0.2) is 0 Å². The van der Waals surface area contributed by atoms with Crippen LogP contribution in [0.25, 0.3) is 0 Å². The highest BCUT2D eigenvalue weighted by Gasteiger charge is 2.06. The summed E-state index contributed by atoms with van der Waals surface area (Å²) in [6.07, 6.45) is 3.50. The molecule has 0 aliphatic heterocycles. The maximum atomic E-state index is 10.7. The average Bonchev–Trinajstić information content (AvgIpc) is 2.76. The van der Waals surface area contributed by atoms with Crippen LogP contribution in [0.5, 0.6) is 0 Å². The summed E-state index contributed by atoms with van der Waals surface area (Å²) in [5.74, 6) is -0.0627. The van der Waals surface area contributed by atoms with E-state index >= 15 is 0 Å². The quantitative estimate of drug-likeness (QED) is 0.848. The number of carbonyl (C=O) groups is 1. The number of hydrogen-bond acceptors (Lipinski definition) is 4. The normalized spacial score (nSPS) is 10.2. The van der Waals surface area contributed by atoms with Crippen LogP contribution in [0.2, 0.25) is 0 Å². The van der Waals surface area contributed by atoms with Crippen molar-refractivity contribution >= 4 is 29.1 Å². The van der Waals surface area contributed by atoms with Crippen LogP contribution < -0.4 is 0 Å². The summed E-state index contributed by atoms with van der Waals surface area (Å²) < 4.78 is 0. The molecule has 0 atom stereocenters. The van der Waals surface area contributed by atoms with Gasteiger partial charge in [-0.25, -0.2) is 4.79 Å². The number of nitrogens with zero attached hydrogens (tertiary/aromatic N) is 1. The summed E-state index contributed by atoms with van der Waals surface area (Å²) in [7, 11) is 0. The van der Waals surface area contributed by atoms with Crippen LogP contribution in [0, 0.1) is 0 Å². The second-order valence-corrected chi connectivity index (χ2v) is 5.26. The molecule has 5 heteroatoms. The summed E-state index contributed by atoms with van der Waals surface area (Å²) in [4.78, 5) is 17.2. The molecule has 0 saturated carbocycles. The summed E-state index contributed by atoms with van der Waals surface area (Å²) in [5.41, 5.74) is 0. The molecule has 0 saturated heterocycles. The molecule has 0 unspecified atom stereocenters. The van der Waals surface area contributed by atoms with Crippen molar-refractivity contribution in [2.45, 2.75) is 10.6 Å². The molecule has 0 aliphatic rings. The SMILES string of the molecule is O=C(O)c1ccc(CSc2ccncc2)s1. The van der Waals surface area contributed by atoms with E-state index in [4.69, 9.17) is 5.11 Å². The summed E-state index contributed by atoms with van der Waals surface area (Å²) >= 11 is 3.00. The molecule has 2 aromatic rings. The largest absolute Gasteiger partial charge is 0.477 e. The van der Waals surface area contributed by atoms with Crippen LogP contribution in [0.3, 0.4) is 0 Å². The summed E-state index contributed by atoms with van der Waals surface area (Å²) in [6, 6.07) is 7.39. The van der Waals surface area contributed by atoms with Crippen LogP contribution in [-0.4, -0.2) is 16.1 Å². The molecule has 0 spiro atoms. The standard InChI is InChI=1S/C11H9NO2S2/c13-11(14)10-2-1-9(16-10)7-15-8-3-5-12-6-4-8/h1-6H,7H2,(H,13,14). The maximum absolute atomic E-state index is 10.7. The molecule has 1 N–H and O–H groups in total. The number of hydrogen-bond donors (Lipinski definition) is 1. The molecule has 0 fully saturated rings. The minimum absolute atomic E-state index is 0.394. The minimum atomic E-state index is -0.856. The first-order valence-corrected chi connectivity index (χ1v) is 6.41. The van der Waals surface area contributed by atoms with Crippen molar-refractivity contribution in [1.82, 2.24) is 4.98 Å². The van der Waals surface area contributed by atoms with E-state index in [1.807, 2.05) is 18.2 Å². The Labute approximate surface area is 101 Å². The van der Waals surface area contributed by atoms with Crippen LogP contribution >= 0.6 is 23.1 Å². The fourth-order valence-electron chi connectivity index (χ4n) is 1.16. The Morgan fingerprint density at radius 3 is 2.69 bits per heavy atom. The predicted molar refractivity (Wildman–Crippen MR) is 65.1 cm³/mol. The number of thioether (sulfide) groups is 1. The summed E-state index contributed by atoms with van der Waals surface area (Å²) in [5, 5.41) is 8.78. The highest BCUT2D eigenvalue weighted by Crippen LogP contribution is 2.26. The molecule has 3 nitrogen and oxygen atoms in total. The fourth-order valence-corrected chi connectivity index (χ4v) is 2.93. The molecule has 2 rings (SSSR count). The van der Waals surface area contributed by atoms with Gasteiger partial charge in [0.25, 0.3) is 0 Å². The van der Waals surface area contributed by atoms with Crippen molar-refractivity contribution in [3.63, 3.8) is 0 Å². The predicted octanol–water partition coefficient (Wildman–Crippen LogP) is 3.13. The average molecular weight is 251 g/mol. The zero-order valence-corrected chi connectivity index (χ0v) is 9.92. The van der Waals surface area contributed by atoms with E-state index in [0.29, 0.717) is 4.88 Å². The zero-order valence-electron chi connectivity index (χ0n) is 8.29. The number of rotatable bonds is 4. The van der Waals surface area contributed by atoms with Crippen LogP contribution in [0.15, 0.2) is 41.6 Å². The lowest BCUT2D eigenvalue weighted by atomic mass is 10.4. The van der Waals surface area contributed by atoms with Gasteiger partial charge in [0.1, 0.15) is 4.88 Å². The van der Waals surface area contributed by atoms with E-state index in [9.17, 15) is 4.79 Å². The molecular weight excluding hydrogens is 242 g/mol. The zero-order chi connectivity index (χ0) is 11.4. The number of aromatic carboxylic acids is 1. The number of aromatic nitrogens is 1. The highest BCUT2D eigenvalue weighted by molar-refractivity contribution is 7.98. The first-order valence-electron chi connectivity index (χ1n) is 4.60. The lowest BCUT2D eigenvalue weighted by molar-refractivity contribution is 0.0702. The van der Waals surface area contributed by atoms with E-state index in [0.717, 1.165) is 15.5 Å². The van der Waals surface area contributed by atoms with Crippen molar-refractivity contribution in [2.75, 3.05) is 0 Å². The van der Waals surface area contributed by atoms with Gasteiger partial charge in [-0.1, -0.05) is 0 Å². The molecule has 0 bridgehead atoms. The number of pyridine rings is 1. The van der Waals surface area contributed by atoms with Gasteiger partial charge in [0.05, 0.1) is 0 Å². The molecule has 82 valence electrons. The Hall–Kier alpha value is -1.33. The van der Waals surface area contributed by atoms with E-state index in [2.05, 4.69) is 4.98 Å². The van der Waals surface area contributed by atoms with Gasteiger partial charge in [-0.15, -0.1) is 23.1 Å². The van der Waals surface area contributed by atoms with Gasteiger partial charge >= 0.3 is 5.97 Å². The number of carboxylic acids is 1. The molecule has 2 heterocycles. The Morgan fingerprint density at radius 1 is 1.31 bits per heavy atom. The smallest absolute Gasteiger partial charge is 0.345 e. The highest BCUT2D eigenvalue weighted by atomic mass is 32.2. The fraction of sp³-hybridized carbons (Fsp3) is 0.0909. The van der Waals surface area contributed by atoms with Crippen molar-refractivity contribution in [1.29, 1.82) is 0 Å². The molecule has 0 aromatic carbocycles. The van der Waals surface area contributed by atoms with Gasteiger partial charge in [0.2, 0.25) is 0 Å². The number of thiophene rings is 1. The van der Waals surface area contributed by atoms with Gasteiger partial charge in [0, 0.05) is 27.9 Å². The van der Waals surface area contributed by atoms with Crippen LogP contribution in [0.1, 0.15) is 14.5 Å². The molecular formula is C11H9NO2S2. The van der Waals surface area contributed by atoms with E-state index < -0.39 is 5.97 Å².